The molecular formula is C16H15N3OS. The minimum atomic E-state index is 0.545. The van der Waals surface area contributed by atoms with Crippen molar-refractivity contribution in [2.45, 2.75) is 17.6 Å². The molecule has 0 bridgehead atoms. The lowest BCUT2D eigenvalue weighted by Gasteiger charge is -2.05. The zero-order valence-electron chi connectivity index (χ0n) is 11.6. The number of aromatic nitrogens is 2. The average molecular weight is 297 g/mol. The molecule has 0 radical (unpaired) electrons. The topological polar surface area (TPSA) is 64.9 Å². The molecule has 0 aliphatic rings. The van der Waals surface area contributed by atoms with Crippen molar-refractivity contribution in [2.75, 3.05) is 5.73 Å². The lowest BCUT2D eigenvalue weighted by atomic mass is 10.2. The van der Waals surface area contributed by atoms with Crippen molar-refractivity contribution < 1.29 is 4.52 Å². The molecule has 5 heteroatoms. The van der Waals surface area contributed by atoms with E-state index in [0.717, 1.165) is 21.7 Å². The van der Waals surface area contributed by atoms with Gasteiger partial charge in [-0.2, -0.15) is 4.98 Å². The van der Waals surface area contributed by atoms with Gasteiger partial charge < -0.3 is 10.3 Å². The molecular weight excluding hydrogens is 282 g/mol. The maximum absolute atomic E-state index is 6.06. The van der Waals surface area contributed by atoms with E-state index in [4.69, 9.17) is 10.3 Å². The average Bonchev–Trinajstić information content (AvgIpc) is 2.99. The number of hydrogen-bond acceptors (Lipinski definition) is 5. The van der Waals surface area contributed by atoms with E-state index < -0.39 is 0 Å². The van der Waals surface area contributed by atoms with Crippen LogP contribution in [0.1, 0.15) is 11.4 Å². The minimum Gasteiger partial charge on any atom is -0.398 e. The molecule has 0 aliphatic carbocycles. The quantitative estimate of drug-likeness (QED) is 0.584. The van der Waals surface area contributed by atoms with E-state index in [1.165, 1.54) is 0 Å². The highest BCUT2D eigenvalue weighted by atomic mass is 32.2. The van der Waals surface area contributed by atoms with Gasteiger partial charge in [-0.1, -0.05) is 35.5 Å². The van der Waals surface area contributed by atoms with Crippen molar-refractivity contribution >= 4 is 17.4 Å². The first-order chi connectivity index (χ1) is 10.2. The van der Waals surface area contributed by atoms with Crippen LogP contribution in [-0.4, -0.2) is 10.1 Å². The van der Waals surface area contributed by atoms with Crippen molar-refractivity contribution in [1.29, 1.82) is 0 Å². The van der Waals surface area contributed by atoms with Gasteiger partial charge in [0.15, 0.2) is 5.82 Å². The summed E-state index contributed by atoms with van der Waals surface area (Å²) in [5, 5.41) is 4.01. The van der Waals surface area contributed by atoms with E-state index in [9.17, 15) is 0 Å². The van der Waals surface area contributed by atoms with Crippen LogP contribution in [0.25, 0.3) is 11.5 Å². The van der Waals surface area contributed by atoms with Gasteiger partial charge in [-0.25, -0.2) is 0 Å². The largest absolute Gasteiger partial charge is 0.398 e. The number of anilines is 1. The van der Waals surface area contributed by atoms with Gasteiger partial charge in [0.05, 0.1) is 5.75 Å². The summed E-state index contributed by atoms with van der Waals surface area (Å²) in [6.07, 6.45) is 0. The molecule has 2 aromatic carbocycles. The van der Waals surface area contributed by atoms with Gasteiger partial charge in [0.1, 0.15) is 0 Å². The number of thioether (sulfide) groups is 1. The number of nitrogens with zero attached hydrogens (tertiary/aromatic N) is 2. The van der Waals surface area contributed by atoms with E-state index in [2.05, 4.69) is 10.1 Å². The molecule has 0 spiro atoms. The number of nitrogens with two attached hydrogens (primary N) is 1. The Kier molecular flexibility index (Phi) is 3.92. The van der Waals surface area contributed by atoms with Crippen molar-refractivity contribution in [3.8, 4) is 11.5 Å². The van der Waals surface area contributed by atoms with Crippen LogP contribution in [0.15, 0.2) is 57.9 Å². The highest BCUT2D eigenvalue weighted by Gasteiger charge is 2.10. The van der Waals surface area contributed by atoms with Crippen LogP contribution in [0.5, 0.6) is 0 Å². The molecule has 0 atom stereocenters. The van der Waals surface area contributed by atoms with Crippen LogP contribution >= 0.6 is 11.8 Å². The van der Waals surface area contributed by atoms with E-state index in [1.807, 2.05) is 55.5 Å². The van der Waals surface area contributed by atoms with Crippen LogP contribution in [-0.2, 0) is 5.75 Å². The molecule has 0 saturated carbocycles. The van der Waals surface area contributed by atoms with Gasteiger partial charge in [0, 0.05) is 16.1 Å². The zero-order chi connectivity index (χ0) is 14.7. The molecule has 3 rings (SSSR count). The first-order valence-corrected chi connectivity index (χ1v) is 7.58. The summed E-state index contributed by atoms with van der Waals surface area (Å²) in [4.78, 5) is 5.45. The third kappa shape index (κ3) is 3.08. The smallest absolute Gasteiger partial charge is 0.257 e. The molecule has 0 saturated heterocycles. The Balaban J connectivity index is 1.72. The number of aryl methyl sites for hydroxylation is 1. The Bertz CT molecular complexity index is 740. The van der Waals surface area contributed by atoms with E-state index >= 15 is 0 Å². The third-order valence-corrected chi connectivity index (χ3v) is 4.20. The number of nitrogen functional groups attached to an aromatic ring is 1. The second-order valence-corrected chi connectivity index (χ2v) is 5.67. The van der Waals surface area contributed by atoms with E-state index in [-0.39, 0.29) is 0 Å². The third-order valence-electron chi connectivity index (χ3n) is 3.13. The van der Waals surface area contributed by atoms with Crippen LogP contribution in [0.4, 0.5) is 5.69 Å². The van der Waals surface area contributed by atoms with E-state index in [0.29, 0.717) is 17.5 Å². The summed E-state index contributed by atoms with van der Waals surface area (Å²) < 4.78 is 5.29. The summed E-state index contributed by atoms with van der Waals surface area (Å²) >= 11 is 1.61. The molecule has 21 heavy (non-hydrogen) atoms. The molecule has 0 amide bonds. The van der Waals surface area contributed by atoms with Crippen LogP contribution in [0, 0.1) is 6.92 Å². The fourth-order valence-corrected chi connectivity index (χ4v) is 2.83. The predicted molar refractivity (Wildman–Crippen MR) is 84.9 cm³/mol. The molecule has 4 nitrogen and oxygen atoms in total. The van der Waals surface area contributed by atoms with Gasteiger partial charge in [-0.15, -0.1) is 11.8 Å². The first kappa shape index (κ1) is 13.7. The van der Waals surface area contributed by atoms with Crippen molar-refractivity contribution in [2.24, 2.45) is 0 Å². The van der Waals surface area contributed by atoms with Gasteiger partial charge in [-0.3, -0.25) is 0 Å². The maximum Gasteiger partial charge on any atom is 0.257 e. The summed E-state index contributed by atoms with van der Waals surface area (Å²) in [5.41, 5.74) is 8.88. The Hall–Kier alpha value is -2.27. The molecule has 0 fully saturated rings. The molecule has 0 aliphatic heterocycles. The SMILES string of the molecule is Cc1cccc(SCc2noc(-c3ccccc3)n2)c1N. The molecule has 106 valence electrons. The number of benzene rings is 2. The Labute approximate surface area is 127 Å². The summed E-state index contributed by atoms with van der Waals surface area (Å²) in [6, 6.07) is 15.7. The fraction of sp³-hybridized carbons (Fsp3) is 0.125. The van der Waals surface area contributed by atoms with Gasteiger partial charge >= 0.3 is 0 Å². The van der Waals surface area contributed by atoms with Crippen molar-refractivity contribution in [1.82, 2.24) is 10.1 Å². The van der Waals surface area contributed by atoms with Crippen molar-refractivity contribution in [3.05, 3.63) is 59.9 Å². The molecule has 0 unspecified atom stereocenters. The zero-order valence-corrected chi connectivity index (χ0v) is 12.4. The Morgan fingerprint density at radius 2 is 1.90 bits per heavy atom. The van der Waals surface area contributed by atoms with Gasteiger partial charge in [-0.05, 0) is 30.7 Å². The first-order valence-electron chi connectivity index (χ1n) is 6.60. The number of hydrogen-bond donors (Lipinski definition) is 1. The summed E-state index contributed by atoms with van der Waals surface area (Å²) in [5.74, 6) is 1.84. The van der Waals surface area contributed by atoms with Gasteiger partial charge in [0.2, 0.25) is 0 Å². The van der Waals surface area contributed by atoms with Crippen LogP contribution in [0.3, 0.4) is 0 Å². The van der Waals surface area contributed by atoms with Crippen LogP contribution < -0.4 is 5.73 Å². The number of para-hydroxylation sites is 1. The second-order valence-electron chi connectivity index (χ2n) is 4.66. The van der Waals surface area contributed by atoms with Crippen LogP contribution in [0.2, 0.25) is 0 Å². The molecule has 1 heterocycles. The molecule has 1 aromatic heterocycles. The monoisotopic (exact) mass is 297 g/mol. The number of rotatable bonds is 4. The second kappa shape index (κ2) is 6.01. The lowest BCUT2D eigenvalue weighted by molar-refractivity contribution is 0.425. The lowest BCUT2D eigenvalue weighted by Crippen LogP contribution is -1.93. The molecule has 2 N–H and O–H groups in total. The fourth-order valence-electron chi connectivity index (χ4n) is 1.93. The summed E-state index contributed by atoms with van der Waals surface area (Å²) in [6.45, 7) is 2.00. The summed E-state index contributed by atoms with van der Waals surface area (Å²) in [7, 11) is 0. The van der Waals surface area contributed by atoms with Gasteiger partial charge in [0.25, 0.3) is 5.89 Å². The Morgan fingerprint density at radius 1 is 1.10 bits per heavy atom. The predicted octanol–water partition coefficient (Wildman–Crippen LogP) is 3.92. The highest BCUT2D eigenvalue weighted by molar-refractivity contribution is 7.98. The Morgan fingerprint density at radius 3 is 2.71 bits per heavy atom. The van der Waals surface area contributed by atoms with Crippen molar-refractivity contribution in [3.63, 3.8) is 0 Å². The highest BCUT2D eigenvalue weighted by Crippen LogP contribution is 2.29. The maximum atomic E-state index is 6.06. The standard InChI is InChI=1S/C16H15N3OS/c1-11-6-5-9-13(15(11)17)21-10-14-18-16(20-19-14)12-7-3-2-4-8-12/h2-9H,10,17H2,1H3. The molecule has 3 aromatic rings. The minimum absolute atomic E-state index is 0.545. The van der Waals surface area contributed by atoms with E-state index in [1.54, 1.807) is 11.8 Å². The normalized spacial score (nSPS) is 10.7.